The van der Waals surface area contributed by atoms with Gasteiger partial charge in [-0.25, -0.2) is 4.79 Å². The second-order valence-corrected chi connectivity index (χ2v) is 10.6. The molecule has 184 valence electrons. The molecule has 4 nitrogen and oxygen atoms in total. The number of benzene rings is 3. The van der Waals surface area contributed by atoms with Crippen LogP contribution in [0.4, 0.5) is 0 Å². The van der Waals surface area contributed by atoms with Crippen LogP contribution in [-0.4, -0.2) is 38.1 Å². The summed E-state index contributed by atoms with van der Waals surface area (Å²) in [6, 6.07) is 21.3. The Kier molecular flexibility index (Phi) is 9.19. The van der Waals surface area contributed by atoms with Crippen LogP contribution < -0.4 is 5.43 Å². The highest BCUT2D eigenvalue weighted by Gasteiger charge is 2.14. The molecule has 1 heterocycles. The molecule has 0 N–H and O–H groups in total. The number of carbonyl (C=O) groups excluding carboxylic acids is 1. The number of ether oxygens (including phenoxy) is 1. The second-order valence-electron chi connectivity index (χ2n) is 9.53. The van der Waals surface area contributed by atoms with E-state index in [-0.39, 0.29) is 11.4 Å². The standard InChI is InChI=1S/C19H20OS.C11H15NO2/c1-11(2)13-9-15(12(3)4)19-16(10-13)18(20)14-7-5-6-8-17(14)21-19;1-12(2)8-9-14-11(13)10-6-4-3-5-7-10/h5-12H,1-4H3;3-7H,8-9H2,1-2H3. The number of esters is 1. The minimum absolute atomic E-state index is 0.170. The van der Waals surface area contributed by atoms with Crippen LogP contribution >= 0.6 is 11.3 Å². The molecule has 3 aromatic carbocycles. The van der Waals surface area contributed by atoms with Crippen molar-refractivity contribution in [1.82, 2.24) is 4.90 Å². The molecule has 0 fully saturated rings. The first kappa shape index (κ1) is 26.6. The van der Waals surface area contributed by atoms with Gasteiger partial charge in [0.2, 0.25) is 0 Å². The number of hydrogen-bond donors (Lipinski definition) is 0. The van der Waals surface area contributed by atoms with E-state index in [1.54, 1.807) is 23.5 Å². The molecule has 0 amide bonds. The van der Waals surface area contributed by atoms with Crippen molar-refractivity contribution >= 4 is 37.5 Å². The van der Waals surface area contributed by atoms with E-state index in [1.165, 1.54) is 11.1 Å². The highest BCUT2D eigenvalue weighted by atomic mass is 32.1. The highest BCUT2D eigenvalue weighted by molar-refractivity contribution is 7.24. The molecule has 0 radical (unpaired) electrons. The van der Waals surface area contributed by atoms with Gasteiger partial charge in [0.25, 0.3) is 0 Å². The smallest absolute Gasteiger partial charge is 0.338 e. The third kappa shape index (κ3) is 6.77. The van der Waals surface area contributed by atoms with Gasteiger partial charge < -0.3 is 9.64 Å². The molecule has 0 aliphatic carbocycles. The third-order valence-electron chi connectivity index (χ3n) is 5.80. The predicted octanol–water partition coefficient (Wildman–Crippen LogP) is 7.07. The molecule has 0 aliphatic heterocycles. The fourth-order valence-electron chi connectivity index (χ4n) is 3.70. The maximum atomic E-state index is 12.8. The molecule has 1 aromatic heterocycles. The summed E-state index contributed by atoms with van der Waals surface area (Å²) < 4.78 is 7.29. The third-order valence-corrected chi connectivity index (χ3v) is 7.03. The zero-order chi connectivity index (χ0) is 25.5. The average Bonchev–Trinajstić information content (AvgIpc) is 2.84. The number of rotatable bonds is 6. The van der Waals surface area contributed by atoms with Gasteiger partial charge in [0.05, 0.1) is 5.56 Å². The molecule has 4 aromatic rings. The Bertz CT molecular complexity index is 1340. The van der Waals surface area contributed by atoms with Crippen LogP contribution in [-0.2, 0) is 4.74 Å². The molecule has 0 unspecified atom stereocenters. The molecule has 0 saturated heterocycles. The van der Waals surface area contributed by atoms with Crippen molar-refractivity contribution in [2.45, 2.75) is 39.5 Å². The van der Waals surface area contributed by atoms with Crippen LogP contribution in [0.25, 0.3) is 20.2 Å². The lowest BCUT2D eigenvalue weighted by molar-refractivity contribution is 0.0482. The first-order valence-corrected chi connectivity index (χ1v) is 12.9. The van der Waals surface area contributed by atoms with E-state index in [0.717, 1.165) is 26.7 Å². The van der Waals surface area contributed by atoms with E-state index in [2.05, 4.69) is 39.8 Å². The minimum Gasteiger partial charge on any atom is -0.461 e. The molecular formula is C30H35NO3S. The van der Waals surface area contributed by atoms with Gasteiger partial charge in [-0.3, -0.25) is 4.79 Å². The van der Waals surface area contributed by atoms with Crippen molar-refractivity contribution in [1.29, 1.82) is 0 Å². The van der Waals surface area contributed by atoms with Crippen LogP contribution in [0.3, 0.4) is 0 Å². The molecule has 5 heteroatoms. The molecule has 0 saturated carbocycles. The van der Waals surface area contributed by atoms with E-state index in [4.69, 9.17) is 4.74 Å². The number of likely N-dealkylation sites (N-methyl/N-ethyl adjacent to an activating group) is 1. The SMILES string of the molecule is CC(C)c1cc(C(C)C)c2sc3ccccc3c(=O)c2c1.CN(C)CCOC(=O)c1ccccc1. The van der Waals surface area contributed by atoms with Crippen LogP contribution in [0.2, 0.25) is 0 Å². The monoisotopic (exact) mass is 489 g/mol. The van der Waals surface area contributed by atoms with Gasteiger partial charge in [0, 0.05) is 26.7 Å². The van der Waals surface area contributed by atoms with Gasteiger partial charge in [-0.1, -0.05) is 64.1 Å². The van der Waals surface area contributed by atoms with E-state index >= 15 is 0 Å². The second kappa shape index (κ2) is 12.1. The molecule has 0 aliphatic rings. The van der Waals surface area contributed by atoms with Crippen LogP contribution in [0.1, 0.15) is 61.0 Å². The Labute approximate surface area is 212 Å². The number of nitrogens with zero attached hydrogens (tertiary/aromatic N) is 1. The average molecular weight is 490 g/mol. The fourth-order valence-corrected chi connectivity index (χ4v) is 5.01. The van der Waals surface area contributed by atoms with Crippen LogP contribution in [0.5, 0.6) is 0 Å². The van der Waals surface area contributed by atoms with Crippen LogP contribution in [0.15, 0.2) is 71.5 Å². The fraction of sp³-hybridized carbons (Fsp3) is 0.333. The normalized spacial score (nSPS) is 11.2. The molecule has 0 spiro atoms. The molecule has 35 heavy (non-hydrogen) atoms. The quantitative estimate of drug-likeness (QED) is 0.215. The number of hydrogen-bond acceptors (Lipinski definition) is 5. The molecule has 4 rings (SSSR count). The van der Waals surface area contributed by atoms with Crippen molar-refractivity contribution in [3.05, 3.63) is 93.6 Å². The molecule has 0 bridgehead atoms. The van der Waals surface area contributed by atoms with Gasteiger partial charge in [-0.05, 0) is 67.4 Å². The summed E-state index contributed by atoms with van der Waals surface area (Å²) in [5.41, 5.74) is 3.32. The first-order valence-electron chi connectivity index (χ1n) is 12.0. The van der Waals surface area contributed by atoms with Gasteiger partial charge in [-0.2, -0.15) is 0 Å². The first-order chi connectivity index (χ1) is 16.7. The van der Waals surface area contributed by atoms with E-state index in [9.17, 15) is 9.59 Å². The Morgan fingerprint density at radius 1 is 0.886 bits per heavy atom. The molecular weight excluding hydrogens is 454 g/mol. The zero-order valence-corrected chi connectivity index (χ0v) is 22.3. The Balaban J connectivity index is 0.000000214. The maximum absolute atomic E-state index is 12.8. The topological polar surface area (TPSA) is 46.6 Å². The molecule has 0 atom stereocenters. The number of fused-ring (bicyclic) bond motifs is 2. The van der Waals surface area contributed by atoms with Crippen molar-refractivity contribution in [3.63, 3.8) is 0 Å². The van der Waals surface area contributed by atoms with Gasteiger partial charge >= 0.3 is 5.97 Å². The van der Waals surface area contributed by atoms with Crippen molar-refractivity contribution in [2.75, 3.05) is 27.2 Å². The summed E-state index contributed by atoms with van der Waals surface area (Å²) in [5, 5.41) is 1.72. The van der Waals surface area contributed by atoms with Crippen LogP contribution in [0, 0.1) is 0 Å². The van der Waals surface area contributed by atoms with Crippen molar-refractivity contribution in [3.8, 4) is 0 Å². The lowest BCUT2D eigenvalue weighted by Gasteiger charge is -2.15. The maximum Gasteiger partial charge on any atom is 0.338 e. The summed E-state index contributed by atoms with van der Waals surface area (Å²) in [7, 11) is 3.88. The largest absolute Gasteiger partial charge is 0.461 e. The zero-order valence-electron chi connectivity index (χ0n) is 21.5. The van der Waals surface area contributed by atoms with E-state index < -0.39 is 0 Å². The number of carbonyl (C=O) groups is 1. The lowest BCUT2D eigenvalue weighted by atomic mass is 9.93. The summed E-state index contributed by atoms with van der Waals surface area (Å²) >= 11 is 1.74. The highest BCUT2D eigenvalue weighted by Crippen LogP contribution is 2.34. The van der Waals surface area contributed by atoms with E-state index in [1.807, 2.05) is 61.5 Å². The lowest BCUT2D eigenvalue weighted by Crippen LogP contribution is -2.20. The Morgan fingerprint density at radius 3 is 2.17 bits per heavy atom. The summed E-state index contributed by atoms with van der Waals surface area (Å²) in [5.74, 6) is 0.596. The van der Waals surface area contributed by atoms with E-state index in [0.29, 0.717) is 24.0 Å². The van der Waals surface area contributed by atoms with Gasteiger partial charge in [0.15, 0.2) is 5.43 Å². The summed E-state index contributed by atoms with van der Waals surface area (Å²) in [4.78, 5) is 26.2. The summed E-state index contributed by atoms with van der Waals surface area (Å²) in [6.07, 6.45) is 0. The summed E-state index contributed by atoms with van der Waals surface area (Å²) in [6.45, 7) is 9.94. The van der Waals surface area contributed by atoms with Gasteiger partial charge in [0.1, 0.15) is 6.61 Å². The minimum atomic E-state index is -0.257. The van der Waals surface area contributed by atoms with Crippen molar-refractivity contribution < 1.29 is 9.53 Å². The van der Waals surface area contributed by atoms with Crippen molar-refractivity contribution in [2.24, 2.45) is 0 Å². The predicted molar refractivity (Wildman–Crippen MR) is 149 cm³/mol. The Morgan fingerprint density at radius 2 is 1.54 bits per heavy atom. The van der Waals surface area contributed by atoms with Gasteiger partial charge in [-0.15, -0.1) is 11.3 Å². The Hall–Kier alpha value is -3.02.